The van der Waals surface area contributed by atoms with Crippen LogP contribution in [0.5, 0.6) is 5.75 Å². The molecule has 0 spiro atoms. The van der Waals surface area contributed by atoms with Gasteiger partial charge in [-0.2, -0.15) is 0 Å². The molecule has 1 unspecified atom stereocenters. The van der Waals surface area contributed by atoms with Crippen molar-refractivity contribution < 1.29 is 19.0 Å². The molecule has 0 aliphatic heterocycles. The van der Waals surface area contributed by atoms with Gasteiger partial charge in [0.05, 0.1) is 13.2 Å². The molecule has 0 bridgehead atoms. The SMILES string of the molecule is COc1ccc(C(C)NC(=O)Cn2c(-c3cccc(F)c3)nc(C)c(CCO)c2=O)cc1. The minimum atomic E-state index is -0.474. The molecular weight excluding hydrogens is 413 g/mol. The van der Waals surface area contributed by atoms with Gasteiger partial charge in [-0.1, -0.05) is 24.3 Å². The van der Waals surface area contributed by atoms with Gasteiger partial charge in [0.1, 0.15) is 23.9 Å². The lowest BCUT2D eigenvalue weighted by Crippen LogP contribution is -2.36. The van der Waals surface area contributed by atoms with Gasteiger partial charge in [-0.3, -0.25) is 14.2 Å². The number of aliphatic hydroxyl groups excluding tert-OH is 1. The Hall–Kier alpha value is -3.52. The summed E-state index contributed by atoms with van der Waals surface area (Å²) < 4.78 is 20.2. The van der Waals surface area contributed by atoms with Gasteiger partial charge in [0.15, 0.2) is 0 Å². The Morgan fingerprint density at radius 1 is 1.25 bits per heavy atom. The number of halogens is 1. The van der Waals surface area contributed by atoms with Crippen LogP contribution in [0.15, 0.2) is 53.3 Å². The summed E-state index contributed by atoms with van der Waals surface area (Å²) in [7, 11) is 1.58. The number of rotatable bonds is 8. The number of ether oxygens (including phenoxy) is 1. The first-order valence-corrected chi connectivity index (χ1v) is 10.2. The third-order valence-electron chi connectivity index (χ3n) is 5.21. The number of aliphatic hydroxyl groups is 1. The number of carbonyl (C=O) groups is 1. The van der Waals surface area contributed by atoms with Crippen LogP contribution in [0, 0.1) is 12.7 Å². The zero-order valence-electron chi connectivity index (χ0n) is 18.3. The molecule has 7 nitrogen and oxygen atoms in total. The van der Waals surface area contributed by atoms with Crippen molar-refractivity contribution in [2.24, 2.45) is 0 Å². The van der Waals surface area contributed by atoms with Crippen molar-refractivity contribution >= 4 is 5.91 Å². The second kappa shape index (κ2) is 10.2. The van der Waals surface area contributed by atoms with E-state index < -0.39 is 17.3 Å². The molecule has 2 aromatic carbocycles. The van der Waals surface area contributed by atoms with Crippen LogP contribution in [0.2, 0.25) is 0 Å². The Balaban J connectivity index is 1.93. The number of nitrogens with zero attached hydrogens (tertiary/aromatic N) is 2. The molecule has 1 atom stereocenters. The lowest BCUT2D eigenvalue weighted by atomic mass is 10.1. The summed E-state index contributed by atoms with van der Waals surface area (Å²) in [4.78, 5) is 30.4. The van der Waals surface area contributed by atoms with Gasteiger partial charge >= 0.3 is 0 Å². The predicted molar refractivity (Wildman–Crippen MR) is 119 cm³/mol. The molecule has 0 saturated carbocycles. The standard InChI is InChI=1S/C24H26FN3O4/c1-15(17-7-9-20(32-3)10-8-17)26-22(30)14-28-23(18-5-4-6-19(25)13-18)27-16(2)21(11-12-29)24(28)31/h4-10,13,15,29H,11-12,14H2,1-3H3,(H,26,30). The number of carbonyl (C=O) groups excluding carboxylic acids is 1. The van der Waals surface area contributed by atoms with Gasteiger partial charge < -0.3 is 15.2 Å². The highest BCUT2D eigenvalue weighted by Gasteiger charge is 2.19. The Kier molecular flexibility index (Phi) is 7.37. The number of benzene rings is 2. The highest BCUT2D eigenvalue weighted by atomic mass is 19.1. The Bertz CT molecular complexity index is 1160. The van der Waals surface area contributed by atoms with Crippen LogP contribution in [0.25, 0.3) is 11.4 Å². The van der Waals surface area contributed by atoms with E-state index in [4.69, 9.17) is 4.74 Å². The van der Waals surface area contributed by atoms with E-state index in [1.807, 2.05) is 19.1 Å². The zero-order chi connectivity index (χ0) is 23.3. The first kappa shape index (κ1) is 23.1. The quantitative estimate of drug-likeness (QED) is 0.563. The molecule has 0 aliphatic carbocycles. The normalized spacial score (nSPS) is 11.8. The Morgan fingerprint density at radius 3 is 2.59 bits per heavy atom. The second-order valence-corrected chi connectivity index (χ2v) is 7.44. The topological polar surface area (TPSA) is 93.4 Å². The fraction of sp³-hybridized carbons (Fsp3) is 0.292. The second-order valence-electron chi connectivity index (χ2n) is 7.44. The molecule has 0 radical (unpaired) electrons. The Morgan fingerprint density at radius 2 is 1.97 bits per heavy atom. The Labute approximate surface area is 185 Å². The third kappa shape index (κ3) is 5.20. The summed E-state index contributed by atoms with van der Waals surface area (Å²) in [6.07, 6.45) is 0.116. The number of nitrogens with one attached hydrogen (secondary N) is 1. The maximum absolute atomic E-state index is 13.8. The van der Waals surface area contributed by atoms with Crippen LogP contribution < -0.4 is 15.6 Å². The number of methoxy groups -OCH3 is 1. The van der Waals surface area contributed by atoms with E-state index in [9.17, 15) is 19.1 Å². The molecule has 0 saturated heterocycles. The summed E-state index contributed by atoms with van der Waals surface area (Å²) in [5, 5.41) is 12.2. The fourth-order valence-electron chi connectivity index (χ4n) is 3.50. The van der Waals surface area contributed by atoms with Crippen molar-refractivity contribution in [1.82, 2.24) is 14.9 Å². The summed E-state index contributed by atoms with van der Waals surface area (Å²) in [6, 6.07) is 12.7. The number of hydrogen-bond acceptors (Lipinski definition) is 5. The van der Waals surface area contributed by atoms with Crippen molar-refractivity contribution in [3.63, 3.8) is 0 Å². The van der Waals surface area contributed by atoms with Crippen LogP contribution in [0.3, 0.4) is 0 Å². The lowest BCUT2D eigenvalue weighted by Gasteiger charge is -2.18. The first-order valence-electron chi connectivity index (χ1n) is 10.2. The predicted octanol–water partition coefficient (Wildman–Crippen LogP) is 2.78. The number of aromatic nitrogens is 2. The molecule has 32 heavy (non-hydrogen) atoms. The van der Waals surface area contributed by atoms with E-state index in [0.717, 1.165) is 5.56 Å². The van der Waals surface area contributed by atoms with Crippen molar-refractivity contribution in [2.45, 2.75) is 32.9 Å². The van der Waals surface area contributed by atoms with Crippen LogP contribution in [-0.4, -0.2) is 34.3 Å². The van der Waals surface area contributed by atoms with E-state index in [2.05, 4.69) is 10.3 Å². The molecular formula is C24H26FN3O4. The molecule has 0 aliphatic rings. The fourth-order valence-corrected chi connectivity index (χ4v) is 3.50. The highest BCUT2D eigenvalue weighted by Crippen LogP contribution is 2.20. The molecule has 2 N–H and O–H groups in total. The number of hydrogen-bond donors (Lipinski definition) is 2. The minimum Gasteiger partial charge on any atom is -0.497 e. The molecule has 0 fully saturated rings. The highest BCUT2D eigenvalue weighted by molar-refractivity contribution is 5.77. The minimum absolute atomic E-state index is 0.116. The van der Waals surface area contributed by atoms with Crippen molar-refractivity contribution in [2.75, 3.05) is 13.7 Å². The monoisotopic (exact) mass is 439 g/mol. The van der Waals surface area contributed by atoms with Gasteiger partial charge in [0, 0.05) is 29.8 Å². The van der Waals surface area contributed by atoms with E-state index in [1.54, 1.807) is 32.2 Å². The van der Waals surface area contributed by atoms with Crippen LogP contribution in [0.1, 0.15) is 29.8 Å². The van der Waals surface area contributed by atoms with E-state index in [0.29, 0.717) is 22.6 Å². The van der Waals surface area contributed by atoms with Crippen molar-refractivity contribution in [3.8, 4) is 17.1 Å². The van der Waals surface area contributed by atoms with Gasteiger partial charge in [0.25, 0.3) is 5.56 Å². The van der Waals surface area contributed by atoms with Crippen LogP contribution in [-0.2, 0) is 17.8 Å². The molecule has 1 amide bonds. The van der Waals surface area contributed by atoms with Gasteiger partial charge in [-0.05, 0) is 43.7 Å². The van der Waals surface area contributed by atoms with Gasteiger partial charge in [0.2, 0.25) is 5.91 Å². The molecule has 1 heterocycles. The zero-order valence-corrected chi connectivity index (χ0v) is 18.3. The first-order chi connectivity index (χ1) is 15.3. The van der Waals surface area contributed by atoms with E-state index in [1.165, 1.54) is 22.8 Å². The van der Waals surface area contributed by atoms with E-state index in [-0.39, 0.29) is 31.4 Å². The van der Waals surface area contributed by atoms with Crippen LogP contribution >= 0.6 is 0 Å². The maximum Gasteiger partial charge on any atom is 0.257 e. The number of aryl methyl sites for hydroxylation is 1. The molecule has 1 aromatic heterocycles. The van der Waals surface area contributed by atoms with Crippen LogP contribution in [0.4, 0.5) is 4.39 Å². The smallest absolute Gasteiger partial charge is 0.257 e. The van der Waals surface area contributed by atoms with Gasteiger partial charge in [-0.25, -0.2) is 9.37 Å². The summed E-state index contributed by atoms with van der Waals surface area (Å²) in [5.74, 6) is 0.0354. The lowest BCUT2D eigenvalue weighted by molar-refractivity contribution is -0.122. The largest absolute Gasteiger partial charge is 0.497 e. The third-order valence-corrected chi connectivity index (χ3v) is 5.21. The molecule has 8 heteroatoms. The van der Waals surface area contributed by atoms with Crippen molar-refractivity contribution in [3.05, 3.63) is 81.5 Å². The molecule has 3 rings (SSSR count). The summed E-state index contributed by atoms with van der Waals surface area (Å²) >= 11 is 0. The number of amides is 1. The van der Waals surface area contributed by atoms with Crippen molar-refractivity contribution in [1.29, 1.82) is 0 Å². The summed E-state index contributed by atoms with van der Waals surface area (Å²) in [5.41, 5.74) is 1.59. The van der Waals surface area contributed by atoms with E-state index >= 15 is 0 Å². The maximum atomic E-state index is 13.8. The molecule has 168 valence electrons. The average molecular weight is 439 g/mol. The van der Waals surface area contributed by atoms with Gasteiger partial charge in [-0.15, -0.1) is 0 Å². The summed E-state index contributed by atoms with van der Waals surface area (Å²) in [6.45, 7) is 2.97. The molecule has 3 aromatic rings. The average Bonchev–Trinajstić information content (AvgIpc) is 2.78.